The third-order valence-corrected chi connectivity index (χ3v) is 4.00. The van der Waals surface area contributed by atoms with Crippen LogP contribution in [0.5, 0.6) is 0 Å². The third kappa shape index (κ3) is 4.42. The number of rotatable bonds is 4. The molecule has 1 aliphatic heterocycles. The Hall–Kier alpha value is -1.13. The zero-order valence-corrected chi connectivity index (χ0v) is 13.7. The molecule has 2 heterocycles. The molecule has 1 aromatic rings. The number of aliphatic hydroxyl groups excluding tert-OH is 1. The number of nitrogens with zero attached hydrogens (tertiary/aromatic N) is 2. The number of aliphatic hydroxyl groups is 1. The average Bonchev–Trinajstić information content (AvgIpc) is 2.46. The Kier molecular flexibility index (Phi) is 5.22. The van der Waals surface area contributed by atoms with Gasteiger partial charge < -0.3 is 14.7 Å². The van der Waals surface area contributed by atoms with Crippen molar-refractivity contribution in [1.82, 2.24) is 4.98 Å². The van der Waals surface area contributed by atoms with Gasteiger partial charge in [0.2, 0.25) is 0 Å². The Morgan fingerprint density at radius 3 is 2.71 bits per heavy atom. The van der Waals surface area contributed by atoms with Gasteiger partial charge in [0.25, 0.3) is 0 Å². The number of hydrogen-bond acceptors (Lipinski definition) is 4. The highest BCUT2D eigenvalue weighted by Crippen LogP contribution is 2.25. The van der Waals surface area contributed by atoms with E-state index in [4.69, 9.17) is 9.72 Å². The van der Waals surface area contributed by atoms with Crippen molar-refractivity contribution < 1.29 is 9.84 Å². The maximum absolute atomic E-state index is 9.49. The Labute approximate surface area is 128 Å². The second-order valence-electron chi connectivity index (χ2n) is 7.09. The van der Waals surface area contributed by atoms with Gasteiger partial charge in [-0.05, 0) is 36.5 Å². The first-order valence-electron chi connectivity index (χ1n) is 7.81. The molecule has 0 radical (unpaired) electrons. The zero-order valence-electron chi connectivity index (χ0n) is 13.7. The highest BCUT2D eigenvalue weighted by Gasteiger charge is 2.20. The third-order valence-electron chi connectivity index (χ3n) is 4.00. The number of pyridine rings is 1. The van der Waals surface area contributed by atoms with Gasteiger partial charge in [0.05, 0.1) is 13.2 Å². The van der Waals surface area contributed by atoms with E-state index in [1.54, 1.807) is 0 Å². The van der Waals surface area contributed by atoms with Crippen LogP contribution in [0.3, 0.4) is 0 Å². The molecule has 0 spiro atoms. The molecule has 0 bridgehead atoms. The number of ether oxygens (including phenoxy) is 1. The van der Waals surface area contributed by atoms with Gasteiger partial charge in [-0.1, -0.05) is 20.8 Å². The second-order valence-corrected chi connectivity index (χ2v) is 7.09. The lowest BCUT2D eigenvalue weighted by atomic mass is 9.90. The molecule has 1 saturated heterocycles. The van der Waals surface area contributed by atoms with E-state index in [9.17, 15) is 5.11 Å². The molecule has 118 valence electrons. The quantitative estimate of drug-likeness (QED) is 0.927. The molecule has 0 amide bonds. The second kappa shape index (κ2) is 6.75. The summed E-state index contributed by atoms with van der Waals surface area (Å²) in [6.45, 7) is 9.19. The molecule has 0 aromatic carbocycles. The van der Waals surface area contributed by atoms with E-state index in [1.165, 1.54) is 6.42 Å². The fourth-order valence-electron chi connectivity index (χ4n) is 2.67. The average molecular weight is 292 g/mol. The van der Waals surface area contributed by atoms with E-state index in [0.717, 1.165) is 43.3 Å². The lowest BCUT2D eigenvalue weighted by Gasteiger charge is -2.29. The minimum Gasteiger partial charge on any atom is -0.392 e. The summed E-state index contributed by atoms with van der Waals surface area (Å²) in [6, 6.07) is 3.99. The predicted molar refractivity (Wildman–Crippen MR) is 85.7 cm³/mol. The predicted octanol–water partition coefficient (Wildman–Crippen LogP) is 2.73. The Balaban J connectivity index is 2.17. The lowest BCUT2D eigenvalue weighted by molar-refractivity contribution is 0.0576. The Morgan fingerprint density at radius 1 is 1.38 bits per heavy atom. The highest BCUT2D eigenvalue weighted by molar-refractivity contribution is 5.43. The van der Waals surface area contributed by atoms with Crippen LogP contribution in [0.4, 0.5) is 5.82 Å². The molecule has 21 heavy (non-hydrogen) atoms. The van der Waals surface area contributed by atoms with Crippen molar-refractivity contribution in [3.8, 4) is 0 Å². The van der Waals surface area contributed by atoms with Gasteiger partial charge in [-0.25, -0.2) is 4.98 Å². The summed E-state index contributed by atoms with van der Waals surface area (Å²) in [6.07, 6.45) is 2.37. The van der Waals surface area contributed by atoms with Crippen LogP contribution in [-0.4, -0.2) is 36.9 Å². The lowest BCUT2D eigenvalue weighted by Crippen LogP contribution is -2.31. The van der Waals surface area contributed by atoms with Gasteiger partial charge >= 0.3 is 0 Å². The molecular formula is C17H28N2O2. The molecule has 1 fully saturated rings. The molecule has 0 saturated carbocycles. The van der Waals surface area contributed by atoms with Gasteiger partial charge in [-0.15, -0.1) is 0 Å². The minimum atomic E-state index is -0.0191. The van der Waals surface area contributed by atoms with E-state index >= 15 is 0 Å². The van der Waals surface area contributed by atoms with E-state index in [-0.39, 0.29) is 12.0 Å². The summed E-state index contributed by atoms with van der Waals surface area (Å²) < 4.78 is 5.55. The summed E-state index contributed by atoms with van der Waals surface area (Å²) in [4.78, 5) is 6.98. The van der Waals surface area contributed by atoms with Crippen LogP contribution >= 0.6 is 0 Å². The summed E-state index contributed by atoms with van der Waals surface area (Å²) in [5.74, 6) is 1.51. The first-order valence-corrected chi connectivity index (χ1v) is 7.81. The summed E-state index contributed by atoms with van der Waals surface area (Å²) in [5.41, 5.74) is 1.93. The monoisotopic (exact) mass is 292 g/mol. The van der Waals surface area contributed by atoms with Crippen molar-refractivity contribution in [2.45, 2.75) is 45.6 Å². The van der Waals surface area contributed by atoms with Crippen LogP contribution < -0.4 is 4.90 Å². The van der Waals surface area contributed by atoms with Crippen molar-refractivity contribution in [3.63, 3.8) is 0 Å². The molecule has 1 unspecified atom stereocenters. The van der Waals surface area contributed by atoms with Crippen LogP contribution in [0.15, 0.2) is 12.1 Å². The van der Waals surface area contributed by atoms with Gasteiger partial charge in [0, 0.05) is 31.3 Å². The van der Waals surface area contributed by atoms with Gasteiger partial charge in [0.1, 0.15) is 5.82 Å². The number of hydrogen-bond donors (Lipinski definition) is 1. The van der Waals surface area contributed by atoms with Crippen molar-refractivity contribution in [2.75, 3.05) is 31.7 Å². The molecular weight excluding hydrogens is 264 g/mol. The highest BCUT2D eigenvalue weighted by atomic mass is 16.5. The fraction of sp³-hybridized carbons (Fsp3) is 0.706. The van der Waals surface area contributed by atoms with Gasteiger partial charge in [-0.3, -0.25) is 0 Å². The number of anilines is 1. The molecule has 1 aliphatic rings. The zero-order chi connectivity index (χ0) is 15.5. The SMILES string of the molecule is CN(CC1CCCOC1)c1cc(CO)cc(C(C)(C)C)n1. The van der Waals surface area contributed by atoms with Crippen molar-refractivity contribution in [1.29, 1.82) is 0 Å². The normalized spacial score (nSPS) is 19.6. The summed E-state index contributed by atoms with van der Waals surface area (Å²) in [5, 5.41) is 9.49. The number of aromatic nitrogens is 1. The Morgan fingerprint density at radius 2 is 2.14 bits per heavy atom. The molecule has 2 rings (SSSR count). The van der Waals surface area contributed by atoms with Crippen LogP contribution in [-0.2, 0) is 16.8 Å². The van der Waals surface area contributed by atoms with Crippen LogP contribution in [0, 0.1) is 5.92 Å². The van der Waals surface area contributed by atoms with E-state index in [1.807, 2.05) is 12.1 Å². The van der Waals surface area contributed by atoms with Crippen LogP contribution in [0.1, 0.15) is 44.9 Å². The van der Waals surface area contributed by atoms with Gasteiger partial charge in [0.15, 0.2) is 0 Å². The van der Waals surface area contributed by atoms with E-state index in [0.29, 0.717) is 5.92 Å². The topological polar surface area (TPSA) is 45.6 Å². The molecule has 0 aliphatic carbocycles. The van der Waals surface area contributed by atoms with Crippen LogP contribution in [0.25, 0.3) is 0 Å². The Bertz CT molecular complexity index is 462. The first kappa shape index (κ1) is 16.2. The van der Waals surface area contributed by atoms with Crippen LogP contribution in [0.2, 0.25) is 0 Å². The van der Waals surface area contributed by atoms with E-state index in [2.05, 4.69) is 32.7 Å². The van der Waals surface area contributed by atoms with Crippen molar-refractivity contribution >= 4 is 5.82 Å². The smallest absolute Gasteiger partial charge is 0.128 e. The molecule has 1 aromatic heterocycles. The molecule has 4 nitrogen and oxygen atoms in total. The maximum Gasteiger partial charge on any atom is 0.128 e. The minimum absolute atomic E-state index is 0.0191. The van der Waals surface area contributed by atoms with Gasteiger partial charge in [-0.2, -0.15) is 0 Å². The first-order chi connectivity index (χ1) is 9.90. The summed E-state index contributed by atoms with van der Waals surface area (Å²) >= 11 is 0. The standard InChI is InChI=1S/C17H28N2O2/c1-17(2,3)15-8-14(11-20)9-16(18-15)19(4)10-13-6-5-7-21-12-13/h8-9,13,20H,5-7,10-12H2,1-4H3. The molecule has 1 atom stereocenters. The fourth-order valence-corrected chi connectivity index (χ4v) is 2.67. The van der Waals surface area contributed by atoms with Crippen molar-refractivity contribution in [3.05, 3.63) is 23.4 Å². The maximum atomic E-state index is 9.49. The molecule has 1 N–H and O–H groups in total. The van der Waals surface area contributed by atoms with E-state index < -0.39 is 0 Å². The molecule has 4 heteroatoms. The summed E-state index contributed by atoms with van der Waals surface area (Å²) in [7, 11) is 2.07. The largest absolute Gasteiger partial charge is 0.392 e. The van der Waals surface area contributed by atoms with Crippen molar-refractivity contribution in [2.24, 2.45) is 5.92 Å².